The molecule has 0 amide bonds. The van der Waals surface area contributed by atoms with E-state index in [4.69, 9.17) is 9.84 Å². The Hall–Kier alpha value is -0.0300. The van der Waals surface area contributed by atoms with E-state index in [-0.39, 0.29) is 6.61 Å². The van der Waals surface area contributed by atoms with Crippen LogP contribution in [0.15, 0.2) is 16.3 Å². The van der Waals surface area contributed by atoms with Crippen LogP contribution in [0.2, 0.25) is 0 Å². The lowest BCUT2D eigenvalue weighted by Gasteiger charge is -2.11. The number of hydrogen-bond acceptors (Lipinski definition) is 4. The molecule has 1 fully saturated rings. The third kappa shape index (κ3) is 2.31. The molecule has 2 heterocycles. The molecular formula is C10H14O2S2. The third-order valence-electron chi connectivity index (χ3n) is 2.37. The Labute approximate surface area is 92.3 Å². The van der Waals surface area contributed by atoms with Crippen molar-refractivity contribution in [1.29, 1.82) is 0 Å². The van der Waals surface area contributed by atoms with Crippen molar-refractivity contribution in [1.82, 2.24) is 0 Å². The molecule has 0 spiro atoms. The molecule has 78 valence electrons. The molecular weight excluding hydrogens is 216 g/mol. The number of aliphatic hydroxyl groups is 1. The Morgan fingerprint density at radius 2 is 2.50 bits per heavy atom. The maximum absolute atomic E-state index is 8.94. The fraction of sp³-hybridized carbons (Fsp3) is 0.600. The molecule has 0 aliphatic carbocycles. The molecule has 0 radical (unpaired) electrons. The van der Waals surface area contributed by atoms with Gasteiger partial charge in [0, 0.05) is 16.7 Å². The smallest absolute Gasteiger partial charge is 0.0774 e. The van der Waals surface area contributed by atoms with Gasteiger partial charge in [0.1, 0.15) is 0 Å². The minimum absolute atomic E-state index is 0.155. The third-order valence-corrected chi connectivity index (χ3v) is 5.06. The number of thioether (sulfide) groups is 1. The summed E-state index contributed by atoms with van der Waals surface area (Å²) in [5, 5.41) is 9.52. The fourth-order valence-electron chi connectivity index (χ4n) is 1.52. The number of ether oxygens (including phenoxy) is 1. The number of aliphatic hydroxyl groups excluding tert-OH is 1. The number of thiophene rings is 1. The lowest BCUT2D eigenvalue weighted by Crippen LogP contribution is -2.12. The van der Waals surface area contributed by atoms with Crippen molar-refractivity contribution in [3.8, 4) is 0 Å². The van der Waals surface area contributed by atoms with E-state index in [2.05, 4.69) is 13.0 Å². The lowest BCUT2D eigenvalue weighted by atomic mass is 10.3. The summed E-state index contributed by atoms with van der Waals surface area (Å²) in [6.07, 6.45) is 1.50. The molecule has 2 atom stereocenters. The monoisotopic (exact) mass is 230 g/mol. The normalized spacial score (nSPS) is 27.0. The zero-order valence-corrected chi connectivity index (χ0v) is 9.74. The summed E-state index contributed by atoms with van der Waals surface area (Å²) in [7, 11) is 0. The Morgan fingerprint density at radius 1 is 1.64 bits per heavy atom. The molecule has 0 aromatic carbocycles. The summed E-state index contributed by atoms with van der Waals surface area (Å²) >= 11 is 3.56. The molecule has 1 aromatic rings. The Morgan fingerprint density at radius 3 is 3.07 bits per heavy atom. The van der Waals surface area contributed by atoms with Gasteiger partial charge in [-0.15, -0.1) is 23.1 Å². The van der Waals surface area contributed by atoms with Crippen molar-refractivity contribution in [3.05, 3.63) is 17.0 Å². The van der Waals surface area contributed by atoms with Crippen LogP contribution >= 0.6 is 23.1 Å². The molecule has 2 unspecified atom stereocenters. The highest BCUT2D eigenvalue weighted by Gasteiger charge is 2.25. The summed E-state index contributed by atoms with van der Waals surface area (Å²) < 4.78 is 6.79. The van der Waals surface area contributed by atoms with E-state index in [0.29, 0.717) is 11.4 Å². The van der Waals surface area contributed by atoms with E-state index in [9.17, 15) is 0 Å². The van der Waals surface area contributed by atoms with Crippen molar-refractivity contribution in [2.45, 2.75) is 35.5 Å². The van der Waals surface area contributed by atoms with Crippen LogP contribution in [0.4, 0.5) is 0 Å². The van der Waals surface area contributed by atoms with E-state index in [1.807, 2.05) is 17.8 Å². The molecule has 1 saturated heterocycles. The first-order valence-corrected chi connectivity index (χ1v) is 6.47. The summed E-state index contributed by atoms with van der Waals surface area (Å²) in [6.45, 7) is 3.17. The van der Waals surface area contributed by atoms with Crippen LogP contribution in [0.25, 0.3) is 0 Å². The van der Waals surface area contributed by atoms with Gasteiger partial charge in [-0.1, -0.05) is 0 Å². The average molecular weight is 230 g/mol. The summed E-state index contributed by atoms with van der Waals surface area (Å²) in [5.74, 6) is 0. The molecule has 0 bridgehead atoms. The van der Waals surface area contributed by atoms with Crippen LogP contribution in [0.5, 0.6) is 0 Å². The van der Waals surface area contributed by atoms with Crippen LogP contribution in [-0.4, -0.2) is 23.1 Å². The highest BCUT2D eigenvalue weighted by Crippen LogP contribution is 2.36. The number of hydrogen-bond donors (Lipinski definition) is 1. The van der Waals surface area contributed by atoms with E-state index >= 15 is 0 Å². The summed E-state index contributed by atoms with van der Waals surface area (Å²) in [5.41, 5.74) is 0. The highest BCUT2D eigenvalue weighted by molar-refractivity contribution is 8.01. The first kappa shape index (κ1) is 10.5. The second-order valence-electron chi connectivity index (χ2n) is 3.40. The van der Waals surface area contributed by atoms with Gasteiger partial charge in [0.05, 0.1) is 16.9 Å². The van der Waals surface area contributed by atoms with Gasteiger partial charge < -0.3 is 9.84 Å². The van der Waals surface area contributed by atoms with E-state index < -0.39 is 0 Å². The van der Waals surface area contributed by atoms with Gasteiger partial charge in [0.15, 0.2) is 0 Å². The minimum Gasteiger partial charge on any atom is -0.391 e. The van der Waals surface area contributed by atoms with Gasteiger partial charge >= 0.3 is 0 Å². The van der Waals surface area contributed by atoms with Crippen molar-refractivity contribution < 1.29 is 9.84 Å². The van der Waals surface area contributed by atoms with Crippen LogP contribution in [0.1, 0.15) is 18.2 Å². The molecule has 1 aliphatic heterocycles. The summed E-state index contributed by atoms with van der Waals surface area (Å²) in [6, 6.07) is 4.08. The zero-order chi connectivity index (χ0) is 9.97. The van der Waals surface area contributed by atoms with Crippen molar-refractivity contribution in [2.75, 3.05) is 6.61 Å². The van der Waals surface area contributed by atoms with E-state index in [1.54, 1.807) is 11.3 Å². The maximum Gasteiger partial charge on any atom is 0.0774 e. The second kappa shape index (κ2) is 4.66. The fourth-order valence-corrected chi connectivity index (χ4v) is 3.93. The van der Waals surface area contributed by atoms with Gasteiger partial charge in [-0.3, -0.25) is 0 Å². The highest BCUT2D eigenvalue weighted by atomic mass is 32.2. The SMILES string of the molecule is CC1OCCC1Sc1ccc(CO)s1. The van der Waals surface area contributed by atoms with Crippen molar-refractivity contribution >= 4 is 23.1 Å². The van der Waals surface area contributed by atoms with Crippen LogP contribution in [-0.2, 0) is 11.3 Å². The first-order chi connectivity index (χ1) is 6.79. The van der Waals surface area contributed by atoms with Crippen molar-refractivity contribution in [3.63, 3.8) is 0 Å². The number of rotatable bonds is 3. The Bertz CT molecular complexity index is 298. The van der Waals surface area contributed by atoms with Gasteiger partial charge in [0.2, 0.25) is 0 Å². The quantitative estimate of drug-likeness (QED) is 0.865. The second-order valence-corrected chi connectivity index (χ2v) is 6.11. The summed E-state index contributed by atoms with van der Waals surface area (Å²) in [4.78, 5) is 1.04. The Balaban J connectivity index is 1.96. The minimum atomic E-state index is 0.155. The standard InChI is InChI=1S/C10H14O2S2/c1-7-9(4-5-12-7)14-10-3-2-8(6-11)13-10/h2-3,7,9,11H,4-6H2,1H3. The molecule has 1 aliphatic rings. The average Bonchev–Trinajstić information content (AvgIpc) is 2.77. The van der Waals surface area contributed by atoms with Crippen LogP contribution < -0.4 is 0 Å². The first-order valence-electron chi connectivity index (χ1n) is 4.77. The topological polar surface area (TPSA) is 29.5 Å². The van der Waals surface area contributed by atoms with E-state index in [1.165, 1.54) is 4.21 Å². The zero-order valence-electron chi connectivity index (χ0n) is 8.10. The van der Waals surface area contributed by atoms with Crippen molar-refractivity contribution in [2.24, 2.45) is 0 Å². The van der Waals surface area contributed by atoms with Gasteiger partial charge in [-0.2, -0.15) is 0 Å². The van der Waals surface area contributed by atoms with Crippen LogP contribution in [0.3, 0.4) is 0 Å². The largest absolute Gasteiger partial charge is 0.391 e. The van der Waals surface area contributed by atoms with E-state index in [0.717, 1.165) is 17.9 Å². The molecule has 14 heavy (non-hydrogen) atoms. The molecule has 2 rings (SSSR count). The predicted octanol–water partition coefficient (Wildman–Crippen LogP) is 2.51. The Kier molecular flexibility index (Phi) is 3.49. The van der Waals surface area contributed by atoms with Crippen LogP contribution in [0, 0.1) is 0 Å². The van der Waals surface area contributed by atoms with Gasteiger partial charge in [-0.25, -0.2) is 0 Å². The molecule has 1 aromatic heterocycles. The maximum atomic E-state index is 8.94. The molecule has 0 saturated carbocycles. The lowest BCUT2D eigenvalue weighted by molar-refractivity contribution is 0.127. The van der Waals surface area contributed by atoms with Gasteiger partial charge in [-0.05, 0) is 25.5 Å². The predicted molar refractivity (Wildman–Crippen MR) is 59.9 cm³/mol. The molecule has 2 nitrogen and oxygen atoms in total. The molecule has 1 N–H and O–H groups in total. The van der Waals surface area contributed by atoms with Gasteiger partial charge in [0.25, 0.3) is 0 Å². The molecule has 4 heteroatoms.